The Labute approximate surface area is 150 Å². The van der Waals surface area contributed by atoms with E-state index in [9.17, 15) is 18.0 Å². The average molecular weight is 366 g/mol. The number of carbonyl (C=O) groups excluding carboxylic acids is 1. The molecule has 1 heterocycles. The molecule has 26 heavy (non-hydrogen) atoms. The molecule has 140 valence electrons. The van der Waals surface area contributed by atoms with Gasteiger partial charge >= 0.3 is 12.1 Å². The third kappa shape index (κ3) is 3.02. The van der Waals surface area contributed by atoms with E-state index >= 15 is 0 Å². The number of hydrogen-bond acceptors (Lipinski definition) is 3. The van der Waals surface area contributed by atoms with Gasteiger partial charge in [-0.05, 0) is 24.0 Å². The van der Waals surface area contributed by atoms with Gasteiger partial charge in [-0.2, -0.15) is 13.2 Å². The molecule has 2 aromatic rings. The van der Waals surface area contributed by atoms with Crippen LogP contribution in [0.3, 0.4) is 0 Å². The Hall–Kier alpha value is -2.24. The predicted molar refractivity (Wildman–Crippen MR) is 89.2 cm³/mol. The van der Waals surface area contributed by atoms with Crippen LogP contribution in [0.25, 0.3) is 0 Å². The van der Waals surface area contributed by atoms with Crippen LogP contribution in [0.2, 0.25) is 0 Å². The van der Waals surface area contributed by atoms with E-state index in [0.717, 1.165) is 12.5 Å². The number of hydrogen-bond donors (Lipinski definition) is 0. The molecule has 2 unspecified atom stereocenters. The second-order valence-corrected chi connectivity index (χ2v) is 7.55. The third-order valence-corrected chi connectivity index (χ3v) is 5.69. The minimum atomic E-state index is -4.45. The fourth-order valence-corrected chi connectivity index (χ4v) is 3.67. The summed E-state index contributed by atoms with van der Waals surface area (Å²) in [6.07, 6.45) is -2.39. The van der Waals surface area contributed by atoms with Crippen molar-refractivity contribution in [2.75, 3.05) is 0 Å². The van der Waals surface area contributed by atoms with Crippen LogP contribution in [0.4, 0.5) is 13.2 Å². The van der Waals surface area contributed by atoms with E-state index < -0.39 is 28.9 Å². The highest BCUT2D eigenvalue weighted by atomic mass is 19.4. The number of benzene rings is 1. The standard InChI is InChI=1S/C20H21F3O3/c1-18(2)16(19(18,3)20(21,22)23)17(24)26-12-14-10-15(25-11-14)9-13-7-5-4-6-8-13/h4-8,10-11,16H,9,12H2,1-3H3. The van der Waals surface area contributed by atoms with Gasteiger partial charge in [0, 0.05) is 12.0 Å². The predicted octanol–water partition coefficient (Wildman–Crippen LogP) is 5.14. The molecule has 0 saturated heterocycles. The van der Waals surface area contributed by atoms with Gasteiger partial charge in [0.25, 0.3) is 0 Å². The molecule has 1 aliphatic carbocycles. The van der Waals surface area contributed by atoms with Gasteiger partial charge in [-0.1, -0.05) is 44.2 Å². The largest absolute Gasteiger partial charge is 0.469 e. The zero-order chi connectivity index (χ0) is 19.2. The average Bonchev–Trinajstić information content (AvgIpc) is 2.85. The van der Waals surface area contributed by atoms with E-state index in [1.807, 2.05) is 30.3 Å². The van der Waals surface area contributed by atoms with Crippen LogP contribution in [-0.4, -0.2) is 12.1 Å². The van der Waals surface area contributed by atoms with Crippen LogP contribution in [0, 0.1) is 16.7 Å². The Morgan fingerprint density at radius 1 is 1.15 bits per heavy atom. The topological polar surface area (TPSA) is 39.4 Å². The molecule has 0 N–H and O–H groups in total. The minimum Gasteiger partial charge on any atom is -0.469 e. The highest BCUT2D eigenvalue weighted by Crippen LogP contribution is 2.75. The summed E-state index contributed by atoms with van der Waals surface area (Å²) < 4.78 is 50.4. The Morgan fingerprint density at radius 3 is 2.38 bits per heavy atom. The van der Waals surface area contributed by atoms with Crippen molar-refractivity contribution < 1.29 is 27.1 Å². The molecule has 1 aliphatic rings. The van der Waals surface area contributed by atoms with Crippen LogP contribution in [0.5, 0.6) is 0 Å². The number of carbonyl (C=O) groups is 1. The van der Waals surface area contributed by atoms with Gasteiger partial charge in [0.2, 0.25) is 0 Å². The number of ether oxygens (including phenoxy) is 1. The normalized spacial score (nSPS) is 24.3. The van der Waals surface area contributed by atoms with Crippen molar-refractivity contribution in [2.24, 2.45) is 16.7 Å². The molecular formula is C20H21F3O3. The minimum absolute atomic E-state index is 0.0996. The molecule has 2 atom stereocenters. The second kappa shape index (κ2) is 6.18. The molecule has 0 aliphatic heterocycles. The van der Waals surface area contributed by atoms with Gasteiger partial charge in [0.1, 0.15) is 12.4 Å². The molecule has 3 rings (SSSR count). The maximum Gasteiger partial charge on any atom is 0.395 e. The highest BCUT2D eigenvalue weighted by Gasteiger charge is 2.83. The van der Waals surface area contributed by atoms with Crippen molar-refractivity contribution in [3.63, 3.8) is 0 Å². The lowest BCUT2D eigenvalue weighted by molar-refractivity contribution is -0.197. The van der Waals surface area contributed by atoms with Gasteiger partial charge < -0.3 is 9.15 Å². The van der Waals surface area contributed by atoms with E-state index in [0.29, 0.717) is 17.7 Å². The first-order valence-electron chi connectivity index (χ1n) is 8.41. The van der Waals surface area contributed by atoms with Gasteiger partial charge in [0.15, 0.2) is 0 Å². The van der Waals surface area contributed by atoms with E-state index in [-0.39, 0.29) is 6.61 Å². The van der Waals surface area contributed by atoms with Gasteiger partial charge in [-0.15, -0.1) is 0 Å². The van der Waals surface area contributed by atoms with Crippen LogP contribution in [0.1, 0.15) is 37.7 Å². The molecule has 0 spiro atoms. The van der Waals surface area contributed by atoms with E-state index in [4.69, 9.17) is 9.15 Å². The van der Waals surface area contributed by atoms with Crippen LogP contribution in [0.15, 0.2) is 47.1 Å². The lowest BCUT2D eigenvalue weighted by Crippen LogP contribution is -2.28. The lowest BCUT2D eigenvalue weighted by Gasteiger charge is -2.18. The molecule has 6 heteroatoms. The van der Waals surface area contributed by atoms with E-state index in [1.54, 1.807) is 6.07 Å². The Kier molecular flexibility index (Phi) is 4.41. The van der Waals surface area contributed by atoms with E-state index in [1.165, 1.54) is 20.1 Å². The SMILES string of the molecule is CC1(C)C(C(=O)OCc2coc(Cc3ccccc3)c2)C1(C)C(F)(F)F. The monoisotopic (exact) mass is 366 g/mol. The highest BCUT2D eigenvalue weighted by molar-refractivity contribution is 5.79. The summed E-state index contributed by atoms with van der Waals surface area (Å²) >= 11 is 0. The number of halogens is 3. The summed E-state index contributed by atoms with van der Waals surface area (Å²) in [6.45, 7) is 3.87. The lowest BCUT2D eigenvalue weighted by atomic mass is 9.98. The zero-order valence-electron chi connectivity index (χ0n) is 14.9. The fraction of sp³-hybridized carbons (Fsp3) is 0.450. The summed E-state index contributed by atoms with van der Waals surface area (Å²) in [4.78, 5) is 12.2. The van der Waals surface area contributed by atoms with Crippen molar-refractivity contribution in [1.29, 1.82) is 0 Å². The molecule has 1 fully saturated rings. The summed E-state index contributed by atoms with van der Waals surface area (Å²) in [7, 11) is 0. The van der Waals surface area contributed by atoms with Gasteiger partial charge in [-0.3, -0.25) is 4.79 Å². The van der Waals surface area contributed by atoms with Crippen LogP contribution in [-0.2, 0) is 22.6 Å². The van der Waals surface area contributed by atoms with Crippen molar-refractivity contribution >= 4 is 5.97 Å². The Bertz CT molecular complexity index is 792. The van der Waals surface area contributed by atoms with E-state index in [2.05, 4.69) is 0 Å². The molecule has 1 saturated carbocycles. The number of alkyl halides is 3. The Morgan fingerprint density at radius 2 is 1.81 bits per heavy atom. The van der Waals surface area contributed by atoms with Crippen molar-refractivity contribution in [3.05, 3.63) is 59.5 Å². The molecule has 0 bridgehead atoms. The Balaban J connectivity index is 1.59. The summed E-state index contributed by atoms with van der Waals surface area (Å²) in [6, 6.07) is 11.5. The first-order valence-corrected chi connectivity index (χ1v) is 8.41. The molecule has 1 aromatic carbocycles. The van der Waals surface area contributed by atoms with Crippen molar-refractivity contribution in [1.82, 2.24) is 0 Å². The first kappa shape index (κ1) is 18.5. The molecular weight excluding hydrogens is 345 g/mol. The number of rotatable bonds is 5. The van der Waals surface area contributed by atoms with Crippen molar-refractivity contribution in [3.8, 4) is 0 Å². The zero-order valence-corrected chi connectivity index (χ0v) is 14.9. The molecule has 3 nitrogen and oxygen atoms in total. The van der Waals surface area contributed by atoms with Gasteiger partial charge in [-0.25, -0.2) is 0 Å². The maximum atomic E-state index is 13.3. The summed E-state index contributed by atoms with van der Waals surface area (Å²) in [5.74, 6) is -1.31. The summed E-state index contributed by atoms with van der Waals surface area (Å²) in [5, 5.41) is 0. The molecule has 1 aromatic heterocycles. The van der Waals surface area contributed by atoms with Crippen LogP contribution < -0.4 is 0 Å². The van der Waals surface area contributed by atoms with Crippen molar-refractivity contribution in [2.45, 2.75) is 40.0 Å². The number of esters is 1. The molecule has 0 radical (unpaired) electrons. The first-order chi connectivity index (χ1) is 12.1. The smallest absolute Gasteiger partial charge is 0.395 e. The second-order valence-electron chi connectivity index (χ2n) is 7.55. The summed E-state index contributed by atoms with van der Waals surface area (Å²) in [5.41, 5.74) is -1.52. The van der Waals surface area contributed by atoms with Crippen LogP contribution >= 0.6 is 0 Å². The quantitative estimate of drug-likeness (QED) is 0.688. The third-order valence-electron chi connectivity index (χ3n) is 5.69. The fourth-order valence-electron chi connectivity index (χ4n) is 3.67. The maximum absolute atomic E-state index is 13.3. The molecule has 0 amide bonds. The van der Waals surface area contributed by atoms with Gasteiger partial charge in [0.05, 0.1) is 17.6 Å². The number of furan rings is 1.